The third-order valence-electron chi connectivity index (χ3n) is 2.78. The number of rotatable bonds is 5. The highest BCUT2D eigenvalue weighted by Crippen LogP contribution is 1.85. The summed E-state index contributed by atoms with van der Waals surface area (Å²) in [5, 5.41) is 0. The number of carbonyl (C=O) groups excluding carboxylic acids is 2. The average molecular weight is 326 g/mol. The fraction of sp³-hybridized carbons (Fsp3) is 0.444. The number of unbranched alkanes of at least 4 members (excludes halogenated alkanes) is 1. The van der Waals surface area contributed by atoms with Crippen molar-refractivity contribution in [2.75, 3.05) is 26.2 Å². The van der Waals surface area contributed by atoms with Gasteiger partial charge in [0.25, 0.3) is 0 Å². The summed E-state index contributed by atoms with van der Waals surface area (Å²) in [5.41, 5.74) is 10.3. The summed E-state index contributed by atoms with van der Waals surface area (Å²) in [4.78, 5) is 24.7. The Morgan fingerprint density at radius 1 is 0.708 bits per heavy atom. The van der Waals surface area contributed by atoms with Crippen LogP contribution in [0.5, 0.6) is 0 Å². The topological polar surface area (TPSA) is 92.7 Å². The Bertz CT molecular complexity index is 609. The Kier molecular flexibility index (Phi) is 11.6. The van der Waals surface area contributed by atoms with Crippen molar-refractivity contribution >= 4 is 12.1 Å². The lowest BCUT2D eigenvalue weighted by Gasteiger charge is -2.13. The third-order valence-corrected chi connectivity index (χ3v) is 2.78. The van der Waals surface area contributed by atoms with Crippen LogP contribution in [0.3, 0.4) is 0 Å². The molecule has 0 fully saturated rings. The van der Waals surface area contributed by atoms with Gasteiger partial charge in [-0.2, -0.15) is 0 Å². The Hall–Kier alpha value is -3.22. The maximum Gasteiger partial charge on any atom is 0.315 e. The average Bonchev–Trinajstić information content (AvgIpc) is 2.54. The second-order valence-electron chi connectivity index (χ2n) is 4.41. The van der Waals surface area contributed by atoms with Gasteiger partial charge in [-0.1, -0.05) is 23.7 Å². The molecule has 0 heterocycles. The standard InChI is InChI=1S/C18H22N4O2/c1-3-21(17(19)23)15-13-11-9-7-5-6-8-10-12-14-16-22(4-2)18(20)24/h3-6,15-16H2,1-2H3,(H2,19,23)(H2,20,24). The Balaban J connectivity index is 4.06. The van der Waals surface area contributed by atoms with E-state index >= 15 is 0 Å². The summed E-state index contributed by atoms with van der Waals surface area (Å²) in [7, 11) is 0. The molecule has 24 heavy (non-hydrogen) atoms. The van der Waals surface area contributed by atoms with E-state index in [0.29, 0.717) is 25.9 Å². The van der Waals surface area contributed by atoms with Crippen LogP contribution in [0.4, 0.5) is 9.59 Å². The normalized spacial score (nSPS) is 7.92. The molecule has 0 saturated heterocycles. The minimum absolute atomic E-state index is 0.274. The third kappa shape index (κ3) is 10.5. The maximum absolute atomic E-state index is 10.9. The van der Waals surface area contributed by atoms with Crippen LogP contribution in [0.1, 0.15) is 26.7 Å². The minimum atomic E-state index is -0.492. The van der Waals surface area contributed by atoms with Crippen LogP contribution in [0.15, 0.2) is 0 Å². The highest BCUT2D eigenvalue weighted by molar-refractivity contribution is 5.72. The second kappa shape index (κ2) is 13.4. The van der Waals surface area contributed by atoms with Gasteiger partial charge in [-0.3, -0.25) is 0 Å². The number of hydrogen-bond donors (Lipinski definition) is 2. The fourth-order valence-electron chi connectivity index (χ4n) is 1.39. The van der Waals surface area contributed by atoms with Crippen LogP contribution < -0.4 is 11.5 Å². The molecule has 0 spiro atoms. The molecule has 0 aromatic rings. The van der Waals surface area contributed by atoms with Crippen molar-refractivity contribution in [2.45, 2.75) is 26.7 Å². The molecule has 0 aliphatic carbocycles. The molecule has 0 aliphatic heterocycles. The van der Waals surface area contributed by atoms with Gasteiger partial charge < -0.3 is 21.3 Å². The zero-order valence-corrected chi connectivity index (χ0v) is 14.1. The lowest BCUT2D eigenvalue weighted by molar-refractivity contribution is 0.215. The van der Waals surface area contributed by atoms with Crippen LogP contribution in [0, 0.1) is 47.4 Å². The number of urea groups is 2. The molecule has 0 unspecified atom stereocenters. The summed E-state index contributed by atoms with van der Waals surface area (Å²) >= 11 is 0. The van der Waals surface area contributed by atoms with Gasteiger partial charge >= 0.3 is 12.1 Å². The van der Waals surface area contributed by atoms with E-state index in [1.54, 1.807) is 0 Å². The van der Waals surface area contributed by atoms with E-state index in [-0.39, 0.29) is 13.1 Å². The molecule has 6 heteroatoms. The summed E-state index contributed by atoms with van der Waals surface area (Å²) in [6.07, 6.45) is 1.16. The summed E-state index contributed by atoms with van der Waals surface area (Å²) < 4.78 is 0. The molecule has 0 radical (unpaired) electrons. The van der Waals surface area contributed by atoms with Gasteiger partial charge in [-0.25, -0.2) is 9.59 Å². The van der Waals surface area contributed by atoms with Gasteiger partial charge in [0.2, 0.25) is 0 Å². The first-order chi connectivity index (χ1) is 11.5. The molecule has 0 aliphatic rings. The molecule has 0 aromatic heterocycles. The predicted molar refractivity (Wildman–Crippen MR) is 94.0 cm³/mol. The molecular weight excluding hydrogens is 304 g/mol. The van der Waals surface area contributed by atoms with E-state index in [1.165, 1.54) is 9.80 Å². The number of nitrogens with zero attached hydrogens (tertiary/aromatic N) is 2. The lowest BCUT2D eigenvalue weighted by atomic mass is 10.3. The van der Waals surface area contributed by atoms with Crippen molar-refractivity contribution < 1.29 is 9.59 Å². The Morgan fingerprint density at radius 2 is 1.04 bits per heavy atom. The zero-order chi connectivity index (χ0) is 18.2. The van der Waals surface area contributed by atoms with Gasteiger partial charge in [0, 0.05) is 25.9 Å². The number of nitrogens with two attached hydrogens (primary N) is 2. The van der Waals surface area contributed by atoms with Crippen molar-refractivity contribution in [3.8, 4) is 47.4 Å². The van der Waals surface area contributed by atoms with Gasteiger partial charge in [-0.05, 0) is 37.5 Å². The second-order valence-corrected chi connectivity index (χ2v) is 4.41. The fourth-order valence-corrected chi connectivity index (χ4v) is 1.39. The van der Waals surface area contributed by atoms with Gasteiger partial charge in [0.05, 0.1) is 13.1 Å². The van der Waals surface area contributed by atoms with Crippen LogP contribution in [-0.4, -0.2) is 48.0 Å². The first-order valence-electron chi connectivity index (χ1n) is 7.53. The maximum atomic E-state index is 10.9. The molecule has 126 valence electrons. The van der Waals surface area contributed by atoms with Crippen molar-refractivity contribution in [3.63, 3.8) is 0 Å². The predicted octanol–water partition coefficient (Wildman–Crippen LogP) is 0.581. The van der Waals surface area contributed by atoms with Crippen LogP contribution in [0.25, 0.3) is 0 Å². The van der Waals surface area contributed by atoms with Crippen molar-refractivity contribution in [1.29, 1.82) is 0 Å². The van der Waals surface area contributed by atoms with Gasteiger partial charge in [0.1, 0.15) is 0 Å². The molecule has 4 N–H and O–H groups in total. The minimum Gasteiger partial charge on any atom is -0.351 e. The number of amides is 4. The van der Waals surface area contributed by atoms with Crippen molar-refractivity contribution in [1.82, 2.24) is 9.80 Å². The van der Waals surface area contributed by atoms with Crippen LogP contribution in [0.2, 0.25) is 0 Å². The molecule has 0 atom stereocenters. The van der Waals surface area contributed by atoms with E-state index in [9.17, 15) is 9.59 Å². The van der Waals surface area contributed by atoms with E-state index in [2.05, 4.69) is 47.4 Å². The van der Waals surface area contributed by atoms with Crippen molar-refractivity contribution in [3.05, 3.63) is 0 Å². The molecule has 0 saturated carbocycles. The SMILES string of the molecule is CCN(CC#CC#CCCC#CC#CCN(CC)C(N)=O)C(N)=O. The highest BCUT2D eigenvalue weighted by atomic mass is 16.2. The quantitative estimate of drug-likeness (QED) is 0.571. The number of primary amides is 2. The Morgan fingerprint density at radius 3 is 1.33 bits per heavy atom. The summed E-state index contributed by atoms with van der Waals surface area (Å²) in [6.45, 7) is 5.24. The molecule has 0 aromatic carbocycles. The summed E-state index contributed by atoms with van der Waals surface area (Å²) in [6, 6.07) is -0.983. The zero-order valence-electron chi connectivity index (χ0n) is 14.1. The highest BCUT2D eigenvalue weighted by Gasteiger charge is 2.03. The largest absolute Gasteiger partial charge is 0.351 e. The molecule has 0 rings (SSSR count). The van der Waals surface area contributed by atoms with Crippen molar-refractivity contribution in [2.24, 2.45) is 11.5 Å². The summed E-state index contributed by atoms with van der Waals surface area (Å²) in [5.74, 6) is 21.9. The van der Waals surface area contributed by atoms with Gasteiger partial charge in [-0.15, -0.1) is 0 Å². The number of hydrogen-bond acceptors (Lipinski definition) is 2. The Labute approximate surface area is 143 Å². The van der Waals surface area contributed by atoms with E-state index in [1.807, 2.05) is 13.8 Å². The van der Waals surface area contributed by atoms with Gasteiger partial charge in [0.15, 0.2) is 0 Å². The van der Waals surface area contributed by atoms with Crippen LogP contribution >= 0.6 is 0 Å². The number of carbonyl (C=O) groups is 2. The molecular formula is C18H22N4O2. The first kappa shape index (κ1) is 20.8. The molecule has 6 nitrogen and oxygen atoms in total. The monoisotopic (exact) mass is 326 g/mol. The smallest absolute Gasteiger partial charge is 0.315 e. The molecule has 0 bridgehead atoms. The van der Waals surface area contributed by atoms with E-state index < -0.39 is 12.1 Å². The van der Waals surface area contributed by atoms with Crippen LogP contribution in [-0.2, 0) is 0 Å². The molecule has 4 amide bonds. The van der Waals surface area contributed by atoms with E-state index in [4.69, 9.17) is 11.5 Å². The van der Waals surface area contributed by atoms with E-state index in [0.717, 1.165) is 0 Å². The lowest BCUT2D eigenvalue weighted by Crippen LogP contribution is -2.35. The first-order valence-corrected chi connectivity index (χ1v) is 7.53.